The third-order valence-electron chi connectivity index (χ3n) is 4.33. The van der Waals surface area contributed by atoms with Crippen molar-refractivity contribution in [3.8, 4) is 0 Å². The van der Waals surface area contributed by atoms with Gasteiger partial charge in [-0.15, -0.1) is 0 Å². The predicted molar refractivity (Wildman–Crippen MR) is 96.6 cm³/mol. The van der Waals surface area contributed by atoms with E-state index in [1.165, 1.54) is 4.90 Å². The molecule has 0 aliphatic rings. The molecule has 0 bridgehead atoms. The van der Waals surface area contributed by atoms with Gasteiger partial charge in [0.05, 0.1) is 45.2 Å². The van der Waals surface area contributed by atoms with E-state index in [-0.39, 0.29) is 39.5 Å². The minimum absolute atomic E-state index is 0.0208. The molecule has 0 aromatic heterocycles. The first-order chi connectivity index (χ1) is 13.6. The highest BCUT2D eigenvalue weighted by atomic mass is 16.5. The van der Waals surface area contributed by atoms with Crippen LogP contribution in [0.4, 0.5) is 0 Å². The van der Waals surface area contributed by atoms with Crippen LogP contribution in [0.2, 0.25) is 0 Å². The molecule has 0 aromatic rings. The van der Waals surface area contributed by atoms with Crippen molar-refractivity contribution in [1.82, 2.24) is 4.90 Å². The van der Waals surface area contributed by atoms with Gasteiger partial charge >= 0.3 is 0 Å². The lowest BCUT2D eigenvalue weighted by Gasteiger charge is -2.33. The van der Waals surface area contributed by atoms with Crippen molar-refractivity contribution in [3.63, 3.8) is 0 Å². The molecule has 176 valence electrons. The molecule has 0 spiro atoms. The summed E-state index contributed by atoms with van der Waals surface area (Å²) in [6.07, 6.45) is -14.0. The molecular weight excluding hydrogens is 398 g/mol. The van der Waals surface area contributed by atoms with Crippen molar-refractivity contribution in [2.24, 2.45) is 0 Å². The summed E-state index contributed by atoms with van der Waals surface area (Å²) in [4.78, 5) is 1.30. The second-order valence-electron chi connectivity index (χ2n) is 6.69. The number of rotatable bonds is 17. The van der Waals surface area contributed by atoms with Gasteiger partial charge in [0.2, 0.25) is 0 Å². The minimum atomic E-state index is -1.85. The summed E-state index contributed by atoms with van der Waals surface area (Å²) in [5.74, 6) is 0. The molecular formula is C16H35NO12. The van der Waals surface area contributed by atoms with Crippen LogP contribution in [0.15, 0.2) is 0 Å². The SMILES string of the molecule is OCCOCCN(C[C@H](O)[C@@H](O)[C@H](O)[C@H](O)CO)C[C@H](O)[C@@H](O)[C@H](O)[C@H](O)CO. The highest BCUT2D eigenvalue weighted by Gasteiger charge is 2.34. The highest BCUT2D eigenvalue weighted by molar-refractivity contribution is 4.86. The second kappa shape index (κ2) is 15.3. The van der Waals surface area contributed by atoms with Crippen molar-refractivity contribution < 1.29 is 60.9 Å². The molecule has 13 heteroatoms. The van der Waals surface area contributed by atoms with Crippen LogP contribution in [0.25, 0.3) is 0 Å². The third kappa shape index (κ3) is 10.4. The maximum atomic E-state index is 10.1. The average molecular weight is 433 g/mol. The van der Waals surface area contributed by atoms with E-state index >= 15 is 0 Å². The lowest BCUT2D eigenvalue weighted by molar-refractivity contribution is -0.131. The highest BCUT2D eigenvalue weighted by Crippen LogP contribution is 2.10. The van der Waals surface area contributed by atoms with Crippen molar-refractivity contribution in [1.29, 1.82) is 0 Å². The van der Waals surface area contributed by atoms with Gasteiger partial charge in [-0.1, -0.05) is 0 Å². The van der Waals surface area contributed by atoms with Crippen LogP contribution in [-0.2, 0) is 4.74 Å². The first-order valence-electron chi connectivity index (χ1n) is 9.17. The number of nitrogens with zero attached hydrogens (tertiary/aromatic N) is 1. The van der Waals surface area contributed by atoms with E-state index in [1.807, 2.05) is 0 Å². The lowest BCUT2D eigenvalue weighted by atomic mass is 10.0. The Kier molecular flexibility index (Phi) is 15.0. The molecule has 0 aliphatic carbocycles. The largest absolute Gasteiger partial charge is 0.394 e. The molecule has 0 unspecified atom stereocenters. The molecule has 13 nitrogen and oxygen atoms in total. The Balaban J connectivity index is 4.99. The van der Waals surface area contributed by atoms with Crippen molar-refractivity contribution in [3.05, 3.63) is 0 Å². The molecule has 0 radical (unpaired) electrons. The standard InChI is InChI=1S/C16H35NO12/c18-2-4-29-3-1-17(5-9(21)13(25)15(27)11(23)7-19)6-10(22)14(26)16(28)12(24)8-20/h9-16,18-28H,1-8H2/t9-,10-,11+,12+,13+,14+,15+,16+/m0/s1. The monoisotopic (exact) mass is 433 g/mol. The smallest absolute Gasteiger partial charge is 0.111 e. The van der Waals surface area contributed by atoms with E-state index in [4.69, 9.17) is 20.1 Å². The van der Waals surface area contributed by atoms with E-state index in [0.29, 0.717) is 0 Å². The van der Waals surface area contributed by atoms with E-state index < -0.39 is 62.0 Å². The fourth-order valence-electron chi connectivity index (χ4n) is 2.49. The van der Waals surface area contributed by atoms with Crippen molar-refractivity contribution in [2.45, 2.75) is 48.8 Å². The maximum Gasteiger partial charge on any atom is 0.111 e. The summed E-state index contributed by atoms with van der Waals surface area (Å²) >= 11 is 0. The van der Waals surface area contributed by atoms with Gasteiger partial charge < -0.3 is 60.9 Å². The van der Waals surface area contributed by atoms with E-state index in [0.717, 1.165) is 0 Å². The fourth-order valence-corrected chi connectivity index (χ4v) is 2.49. The number of ether oxygens (including phenoxy) is 1. The summed E-state index contributed by atoms with van der Waals surface area (Å²) in [6.45, 7) is -2.60. The first-order valence-corrected chi connectivity index (χ1v) is 9.17. The number of hydrogen-bond acceptors (Lipinski definition) is 13. The molecule has 0 fully saturated rings. The number of aliphatic hydroxyl groups excluding tert-OH is 11. The zero-order chi connectivity index (χ0) is 22.6. The van der Waals surface area contributed by atoms with Crippen LogP contribution in [0.3, 0.4) is 0 Å². The summed E-state index contributed by atoms with van der Waals surface area (Å²) in [7, 11) is 0. The van der Waals surface area contributed by atoms with Crippen LogP contribution in [0.5, 0.6) is 0 Å². The normalized spacial score (nSPS) is 20.7. The zero-order valence-electron chi connectivity index (χ0n) is 16.1. The van der Waals surface area contributed by atoms with Gasteiger partial charge in [-0.2, -0.15) is 0 Å². The van der Waals surface area contributed by atoms with Gasteiger partial charge in [0.15, 0.2) is 0 Å². The second-order valence-corrected chi connectivity index (χ2v) is 6.69. The minimum Gasteiger partial charge on any atom is -0.394 e. The van der Waals surface area contributed by atoms with Crippen LogP contribution in [0.1, 0.15) is 0 Å². The molecule has 0 rings (SSSR count). The molecule has 0 aromatic carbocycles. The Bertz CT molecular complexity index is 376. The Morgan fingerprint density at radius 3 is 1.28 bits per heavy atom. The van der Waals surface area contributed by atoms with Gasteiger partial charge in [0.1, 0.15) is 36.6 Å². The molecule has 0 saturated heterocycles. The summed E-state index contributed by atoms with van der Waals surface area (Å²) < 4.78 is 5.08. The quantitative estimate of drug-likeness (QED) is 0.0958. The molecule has 29 heavy (non-hydrogen) atoms. The van der Waals surface area contributed by atoms with Crippen LogP contribution >= 0.6 is 0 Å². The predicted octanol–water partition coefficient (Wildman–Crippen LogP) is -6.83. The van der Waals surface area contributed by atoms with E-state index in [9.17, 15) is 40.9 Å². The van der Waals surface area contributed by atoms with Gasteiger partial charge in [0.25, 0.3) is 0 Å². The van der Waals surface area contributed by atoms with Crippen LogP contribution in [-0.4, -0.2) is 163 Å². The molecule has 0 heterocycles. The number of aliphatic hydroxyl groups is 11. The summed E-state index contributed by atoms with van der Waals surface area (Å²) in [6, 6.07) is 0. The lowest BCUT2D eigenvalue weighted by Crippen LogP contribution is -2.53. The topological polar surface area (TPSA) is 235 Å². The Morgan fingerprint density at radius 1 is 0.552 bits per heavy atom. The van der Waals surface area contributed by atoms with E-state index in [1.54, 1.807) is 0 Å². The van der Waals surface area contributed by atoms with E-state index in [2.05, 4.69) is 0 Å². The molecule has 8 atom stereocenters. The average Bonchev–Trinajstić information content (AvgIpc) is 2.72. The first kappa shape index (κ1) is 28.5. The molecule has 0 aliphatic heterocycles. The van der Waals surface area contributed by atoms with Gasteiger partial charge in [-0.3, -0.25) is 4.90 Å². The Labute approximate surface area is 168 Å². The Morgan fingerprint density at radius 2 is 0.931 bits per heavy atom. The van der Waals surface area contributed by atoms with Gasteiger partial charge in [-0.25, -0.2) is 0 Å². The maximum absolute atomic E-state index is 10.1. The van der Waals surface area contributed by atoms with Gasteiger partial charge in [0, 0.05) is 19.6 Å². The van der Waals surface area contributed by atoms with Crippen molar-refractivity contribution >= 4 is 0 Å². The Hall–Kier alpha value is -0.520. The summed E-state index contributed by atoms with van der Waals surface area (Å²) in [5.41, 5.74) is 0. The zero-order valence-corrected chi connectivity index (χ0v) is 16.1. The molecule has 0 amide bonds. The summed E-state index contributed by atoms with van der Waals surface area (Å²) in [5, 5.41) is 104. The molecule has 0 saturated carbocycles. The van der Waals surface area contributed by atoms with Crippen molar-refractivity contribution in [2.75, 3.05) is 52.7 Å². The number of hydrogen-bond donors (Lipinski definition) is 11. The molecule has 11 N–H and O–H groups in total. The van der Waals surface area contributed by atoms with Gasteiger partial charge in [-0.05, 0) is 0 Å². The van der Waals surface area contributed by atoms with Crippen LogP contribution < -0.4 is 0 Å². The fraction of sp³-hybridized carbons (Fsp3) is 1.00. The van der Waals surface area contributed by atoms with Crippen LogP contribution in [0, 0.1) is 0 Å². The third-order valence-corrected chi connectivity index (χ3v) is 4.33.